The first-order chi connectivity index (χ1) is 10.1. The molecule has 6 nitrogen and oxygen atoms in total. The van der Waals surface area contributed by atoms with Crippen molar-refractivity contribution in [2.75, 3.05) is 20.3 Å². The number of methoxy groups -OCH3 is 1. The topological polar surface area (TPSA) is 84.9 Å². The Morgan fingerprint density at radius 1 is 1.38 bits per heavy atom. The maximum absolute atomic E-state index is 11.9. The van der Waals surface area contributed by atoms with Gasteiger partial charge in [0.2, 0.25) is 0 Å². The molecule has 0 aliphatic carbocycles. The summed E-state index contributed by atoms with van der Waals surface area (Å²) in [5.74, 6) is -0.621. The highest BCUT2D eigenvalue weighted by atomic mass is 16.5. The molecule has 0 spiro atoms. The average Bonchev–Trinajstić information content (AvgIpc) is 2.49. The minimum absolute atomic E-state index is 0.135. The summed E-state index contributed by atoms with van der Waals surface area (Å²) in [6.07, 6.45) is 0.917. The molecule has 2 N–H and O–H groups in total. The van der Waals surface area contributed by atoms with Gasteiger partial charge in [-0.15, -0.1) is 0 Å². The van der Waals surface area contributed by atoms with Gasteiger partial charge in [0.05, 0.1) is 12.5 Å². The number of nitrogens with one attached hydrogen (secondary N) is 1. The molecule has 0 aromatic heterocycles. The number of carbonyl (C=O) groups is 2. The lowest BCUT2D eigenvalue weighted by atomic mass is 10.2. The number of benzene rings is 1. The molecule has 0 heterocycles. The molecule has 21 heavy (non-hydrogen) atoms. The first-order valence-electron chi connectivity index (χ1n) is 6.43. The van der Waals surface area contributed by atoms with Gasteiger partial charge in [-0.3, -0.25) is 9.59 Å². The third kappa shape index (κ3) is 6.09. The molecule has 1 aromatic carbocycles. The quantitative estimate of drug-likeness (QED) is 0.673. The van der Waals surface area contributed by atoms with Crippen LogP contribution in [0.5, 0.6) is 5.75 Å². The van der Waals surface area contributed by atoms with Crippen LogP contribution < -0.4 is 10.1 Å². The third-order valence-corrected chi connectivity index (χ3v) is 2.71. The Hall–Kier alpha value is -2.34. The Bertz CT molecular complexity index is 483. The predicted molar refractivity (Wildman–Crippen MR) is 77.5 cm³/mol. The number of carbonyl (C=O) groups excluding carboxylic acids is 1. The highest BCUT2D eigenvalue weighted by Crippen LogP contribution is 2.12. The van der Waals surface area contributed by atoms with Gasteiger partial charge in [0.15, 0.2) is 0 Å². The molecule has 114 valence electrons. The van der Waals surface area contributed by atoms with Crippen LogP contribution >= 0.6 is 0 Å². The van der Waals surface area contributed by atoms with Gasteiger partial charge < -0.3 is 19.9 Å². The lowest BCUT2D eigenvalue weighted by molar-refractivity contribution is -0.139. The molecule has 0 saturated heterocycles. The number of amides is 1. The van der Waals surface area contributed by atoms with Crippen LogP contribution in [0.1, 0.15) is 16.8 Å². The van der Waals surface area contributed by atoms with E-state index in [1.165, 1.54) is 7.11 Å². The maximum Gasteiger partial charge on any atom is 0.306 e. The zero-order valence-electron chi connectivity index (χ0n) is 11.9. The molecule has 0 radical (unpaired) electrons. The van der Waals surface area contributed by atoms with E-state index in [1.807, 2.05) is 0 Å². The first kappa shape index (κ1) is 16.7. The SMILES string of the molecule is C=CCOc1ccc(C(=O)NCC(CC(=O)O)OC)cc1. The van der Waals surface area contributed by atoms with Crippen molar-refractivity contribution in [1.82, 2.24) is 5.32 Å². The monoisotopic (exact) mass is 293 g/mol. The van der Waals surface area contributed by atoms with Crippen LogP contribution in [0.25, 0.3) is 0 Å². The van der Waals surface area contributed by atoms with E-state index in [1.54, 1.807) is 30.3 Å². The molecular weight excluding hydrogens is 274 g/mol. The zero-order chi connectivity index (χ0) is 15.7. The lowest BCUT2D eigenvalue weighted by Crippen LogP contribution is -2.34. The summed E-state index contributed by atoms with van der Waals surface area (Å²) >= 11 is 0. The Balaban J connectivity index is 2.51. The summed E-state index contributed by atoms with van der Waals surface area (Å²) in [5.41, 5.74) is 0.464. The standard InChI is InChI=1S/C15H19NO5/c1-3-8-21-12-6-4-11(5-7-12)15(19)16-10-13(20-2)9-14(17)18/h3-7,13H,1,8-10H2,2H3,(H,16,19)(H,17,18). The van der Waals surface area contributed by atoms with Crippen LogP contribution in [0.2, 0.25) is 0 Å². The lowest BCUT2D eigenvalue weighted by Gasteiger charge is -2.14. The van der Waals surface area contributed by atoms with Crippen LogP contribution in [-0.2, 0) is 9.53 Å². The minimum atomic E-state index is -0.972. The third-order valence-electron chi connectivity index (χ3n) is 2.71. The fraction of sp³-hybridized carbons (Fsp3) is 0.333. The molecular formula is C15H19NO5. The van der Waals surface area contributed by atoms with Crippen LogP contribution in [-0.4, -0.2) is 43.3 Å². The smallest absolute Gasteiger partial charge is 0.306 e. The fourth-order valence-corrected chi connectivity index (χ4v) is 1.60. The van der Waals surface area contributed by atoms with Crippen molar-refractivity contribution in [3.63, 3.8) is 0 Å². The molecule has 1 aromatic rings. The average molecular weight is 293 g/mol. The van der Waals surface area contributed by atoms with Crippen LogP contribution in [0, 0.1) is 0 Å². The normalized spacial score (nSPS) is 11.5. The van der Waals surface area contributed by atoms with E-state index in [9.17, 15) is 9.59 Å². The Labute approximate surface area is 123 Å². The first-order valence-corrected chi connectivity index (χ1v) is 6.43. The van der Waals surface area contributed by atoms with E-state index in [-0.39, 0.29) is 18.9 Å². The molecule has 1 amide bonds. The molecule has 6 heteroatoms. The van der Waals surface area contributed by atoms with Crippen molar-refractivity contribution in [2.24, 2.45) is 0 Å². The van der Waals surface area contributed by atoms with Crippen molar-refractivity contribution < 1.29 is 24.2 Å². The van der Waals surface area contributed by atoms with E-state index in [0.717, 1.165) is 0 Å². The molecule has 0 fully saturated rings. The van der Waals surface area contributed by atoms with Gasteiger partial charge in [-0.25, -0.2) is 0 Å². The fourth-order valence-electron chi connectivity index (χ4n) is 1.60. The molecule has 1 atom stereocenters. The maximum atomic E-state index is 11.9. The van der Waals surface area contributed by atoms with E-state index < -0.39 is 12.1 Å². The highest BCUT2D eigenvalue weighted by Gasteiger charge is 2.14. The van der Waals surface area contributed by atoms with Gasteiger partial charge >= 0.3 is 5.97 Å². The van der Waals surface area contributed by atoms with Crippen molar-refractivity contribution in [3.05, 3.63) is 42.5 Å². The Morgan fingerprint density at radius 3 is 2.57 bits per heavy atom. The zero-order valence-corrected chi connectivity index (χ0v) is 11.9. The van der Waals surface area contributed by atoms with Crippen LogP contribution in [0.4, 0.5) is 0 Å². The summed E-state index contributed by atoms with van der Waals surface area (Å²) in [6, 6.07) is 6.63. The highest BCUT2D eigenvalue weighted by molar-refractivity contribution is 5.94. The molecule has 0 saturated carbocycles. The van der Waals surface area contributed by atoms with Crippen molar-refractivity contribution >= 4 is 11.9 Å². The van der Waals surface area contributed by atoms with Crippen molar-refractivity contribution in [1.29, 1.82) is 0 Å². The summed E-state index contributed by atoms with van der Waals surface area (Å²) < 4.78 is 10.3. The number of aliphatic carboxylic acids is 1. The van der Waals surface area contributed by atoms with Crippen molar-refractivity contribution in [2.45, 2.75) is 12.5 Å². The van der Waals surface area contributed by atoms with Gasteiger partial charge in [0, 0.05) is 19.2 Å². The minimum Gasteiger partial charge on any atom is -0.490 e. The van der Waals surface area contributed by atoms with Gasteiger partial charge in [-0.05, 0) is 24.3 Å². The van der Waals surface area contributed by atoms with Crippen molar-refractivity contribution in [3.8, 4) is 5.75 Å². The summed E-state index contributed by atoms with van der Waals surface area (Å²) in [6.45, 7) is 4.08. The van der Waals surface area contributed by atoms with E-state index >= 15 is 0 Å². The molecule has 0 bridgehead atoms. The number of hydrogen-bond donors (Lipinski definition) is 2. The molecule has 0 aliphatic heterocycles. The molecule has 1 unspecified atom stereocenters. The summed E-state index contributed by atoms with van der Waals surface area (Å²) in [4.78, 5) is 22.5. The summed E-state index contributed by atoms with van der Waals surface area (Å²) in [5, 5.41) is 11.3. The van der Waals surface area contributed by atoms with Crippen LogP contribution in [0.3, 0.4) is 0 Å². The number of rotatable bonds is 9. The largest absolute Gasteiger partial charge is 0.490 e. The number of hydrogen-bond acceptors (Lipinski definition) is 4. The predicted octanol–water partition coefficient (Wildman–Crippen LogP) is 1.47. The Morgan fingerprint density at radius 2 is 2.05 bits per heavy atom. The number of carboxylic acids is 1. The molecule has 1 rings (SSSR count). The van der Waals surface area contributed by atoms with Gasteiger partial charge in [-0.1, -0.05) is 12.7 Å². The van der Waals surface area contributed by atoms with Gasteiger partial charge in [0.25, 0.3) is 5.91 Å². The second kappa shape index (κ2) is 8.76. The second-order valence-corrected chi connectivity index (χ2v) is 4.29. The second-order valence-electron chi connectivity index (χ2n) is 4.29. The van der Waals surface area contributed by atoms with Crippen LogP contribution in [0.15, 0.2) is 36.9 Å². The Kier molecular flexibility index (Phi) is 6.97. The van der Waals surface area contributed by atoms with E-state index in [0.29, 0.717) is 17.9 Å². The molecule has 0 aliphatic rings. The number of carboxylic acid groups (broad SMARTS) is 1. The summed E-state index contributed by atoms with van der Waals surface area (Å²) in [7, 11) is 1.41. The van der Waals surface area contributed by atoms with E-state index in [4.69, 9.17) is 14.6 Å². The van der Waals surface area contributed by atoms with Gasteiger partial charge in [0.1, 0.15) is 12.4 Å². The van der Waals surface area contributed by atoms with E-state index in [2.05, 4.69) is 11.9 Å². The number of ether oxygens (including phenoxy) is 2. The van der Waals surface area contributed by atoms with Gasteiger partial charge in [-0.2, -0.15) is 0 Å².